The summed E-state index contributed by atoms with van der Waals surface area (Å²) in [6, 6.07) is 5.56. The molecule has 1 fully saturated rings. The Morgan fingerprint density at radius 3 is 3.11 bits per heavy atom. The average molecular weight is 247 g/mol. The number of morpholine rings is 1. The van der Waals surface area contributed by atoms with E-state index in [0.29, 0.717) is 13.2 Å². The fourth-order valence-electron chi connectivity index (χ4n) is 3.09. The number of benzene rings is 1. The normalized spacial score (nSPS) is 26.4. The van der Waals surface area contributed by atoms with Crippen LogP contribution in [0, 0.1) is 0 Å². The first-order chi connectivity index (χ1) is 8.66. The van der Waals surface area contributed by atoms with Gasteiger partial charge in [-0.2, -0.15) is 0 Å². The van der Waals surface area contributed by atoms with Gasteiger partial charge in [0.25, 0.3) is 0 Å². The van der Waals surface area contributed by atoms with Gasteiger partial charge in [0.1, 0.15) is 11.9 Å². The van der Waals surface area contributed by atoms with Crippen molar-refractivity contribution in [3.63, 3.8) is 0 Å². The third kappa shape index (κ3) is 1.77. The minimum atomic E-state index is -0.0847. The number of amides is 1. The number of nitrogens with zero attached hydrogens (tertiary/aromatic N) is 1. The van der Waals surface area contributed by atoms with E-state index in [4.69, 9.17) is 4.74 Å². The fraction of sp³-hybridized carbons (Fsp3) is 0.500. The van der Waals surface area contributed by atoms with Crippen LogP contribution in [0.15, 0.2) is 18.2 Å². The highest BCUT2D eigenvalue weighted by Crippen LogP contribution is 2.39. The van der Waals surface area contributed by atoms with Gasteiger partial charge in [-0.15, -0.1) is 0 Å². The van der Waals surface area contributed by atoms with E-state index in [9.17, 15) is 9.90 Å². The van der Waals surface area contributed by atoms with E-state index >= 15 is 0 Å². The summed E-state index contributed by atoms with van der Waals surface area (Å²) in [5, 5.41) is 9.62. The molecule has 0 aromatic heterocycles. The summed E-state index contributed by atoms with van der Waals surface area (Å²) in [6.45, 7) is 2.85. The molecule has 18 heavy (non-hydrogen) atoms. The van der Waals surface area contributed by atoms with Gasteiger partial charge in [0, 0.05) is 13.5 Å². The van der Waals surface area contributed by atoms with E-state index in [0.717, 1.165) is 18.4 Å². The van der Waals surface area contributed by atoms with Crippen LogP contribution >= 0.6 is 0 Å². The first kappa shape index (κ1) is 11.5. The summed E-state index contributed by atoms with van der Waals surface area (Å²) in [6.07, 6.45) is 1.78. The predicted molar refractivity (Wildman–Crippen MR) is 66.3 cm³/mol. The molecule has 0 radical (unpaired) electrons. The summed E-state index contributed by atoms with van der Waals surface area (Å²) < 4.78 is 5.84. The minimum absolute atomic E-state index is 0.0847. The summed E-state index contributed by atoms with van der Waals surface area (Å²) in [5.74, 6) is 0.370. The van der Waals surface area contributed by atoms with Gasteiger partial charge in [0.2, 0.25) is 5.91 Å². The number of aryl methyl sites for hydroxylation is 1. The van der Waals surface area contributed by atoms with Crippen molar-refractivity contribution < 1.29 is 14.6 Å². The van der Waals surface area contributed by atoms with E-state index in [1.807, 2.05) is 11.0 Å². The van der Waals surface area contributed by atoms with Gasteiger partial charge in [-0.25, -0.2) is 0 Å². The second-order valence-corrected chi connectivity index (χ2v) is 4.99. The van der Waals surface area contributed by atoms with E-state index < -0.39 is 0 Å². The quantitative estimate of drug-likeness (QED) is 0.758. The molecule has 0 spiro atoms. The Morgan fingerprint density at radius 1 is 1.50 bits per heavy atom. The number of phenols is 1. The molecule has 96 valence electrons. The molecular formula is C14H17NO3. The van der Waals surface area contributed by atoms with Crippen LogP contribution in [0.5, 0.6) is 5.75 Å². The predicted octanol–water partition coefficient (Wildman–Crippen LogP) is 1.63. The molecule has 0 saturated carbocycles. The van der Waals surface area contributed by atoms with Gasteiger partial charge in [0.15, 0.2) is 0 Å². The number of carbonyl (C=O) groups excluding carboxylic acids is 1. The largest absolute Gasteiger partial charge is 0.508 e. The number of hydrogen-bond acceptors (Lipinski definition) is 3. The SMILES string of the molecule is CC(=O)N1CCOC2c3cc(O)ccc3CCC21. The average Bonchev–Trinajstić information content (AvgIpc) is 2.37. The molecule has 1 aromatic rings. The number of phenolic OH excluding ortho intramolecular Hbond substituents is 1. The van der Waals surface area contributed by atoms with Crippen molar-refractivity contribution >= 4 is 5.91 Å². The molecule has 2 aliphatic rings. The highest BCUT2D eigenvalue weighted by Gasteiger charge is 2.38. The zero-order valence-corrected chi connectivity index (χ0v) is 10.4. The Labute approximate surface area is 106 Å². The number of fused-ring (bicyclic) bond motifs is 3. The lowest BCUT2D eigenvalue weighted by atomic mass is 9.84. The van der Waals surface area contributed by atoms with E-state index in [1.165, 1.54) is 5.56 Å². The van der Waals surface area contributed by atoms with Crippen molar-refractivity contribution in [2.45, 2.75) is 31.9 Å². The van der Waals surface area contributed by atoms with Crippen molar-refractivity contribution in [3.05, 3.63) is 29.3 Å². The molecule has 1 aliphatic heterocycles. The van der Waals surface area contributed by atoms with Gasteiger partial charge in [-0.1, -0.05) is 6.07 Å². The lowest BCUT2D eigenvalue weighted by Gasteiger charge is -2.44. The molecule has 1 N–H and O–H groups in total. The molecule has 1 aliphatic carbocycles. The molecule has 4 nitrogen and oxygen atoms in total. The lowest BCUT2D eigenvalue weighted by Crippen LogP contribution is -2.51. The van der Waals surface area contributed by atoms with Gasteiger partial charge < -0.3 is 14.7 Å². The zero-order valence-electron chi connectivity index (χ0n) is 10.4. The van der Waals surface area contributed by atoms with Gasteiger partial charge in [0.05, 0.1) is 12.6 Å². The van der Waals surface area contributed by atoms with Crippen molar-refractivity contribution in [2.24, 2.45) is 0 Å². The molecule has 1 heterocycles. The molecule has 4 heteroatoms. The van der Waals surface area contributed by atoms with Crippen molar-refractivity contribution in [2.75, 3.05) is 13.2 Å². The Morgan fingerprint density at radius 2 is 2.33 bits per heavy atom. The highest BCUT2D eigenvalue weighted by molar-refractivity contribution is 5.74. The van der Waals surface area contributed by atoms with Crippen molar-refractivity contribution in [1.82, 2.24) is 4.90 Å². The molecule has 1 amide bonds. The molecule has 1 aromatic carbocycles. The Kier molecular flexibility index (Phi) is 2.74. The van der Waals surface area contributed by atoms with Gasteiger partial charge in [-0.05, 0) is 36.1 Å². The third-order valence-electron chi connectivity index (χ3n) is 3.93. The van der Waals surface area contributed by atoms with E-state index in [2.05, 4.69) is 0 Å². The van der Waals surface area contributed by atoms with Crippen LogP contribution in [0.1, 0.15) is 30.6 Å². The van der Waals surface area contributed by atoms with Crippen molar-refractivity contribution in [3.8, 4) is 5.75 Å². The third-order valence-corrected chi connectivity index (χ3v) is 3.93. The second-order valence-electron chi connectivity index (χ2n) is 4.99. The van der Waals surface area contributed by atoms with Gasteiger partial charge >= 0.3 is 0 Å². The van der Waals surface area contributed by atoms with Crippen LogP contribution in [0.25, 0.3) is 0 Å². The standard InChI is InChI=1S/C14H17NO3/c1-9(16)15-6-7-18-14-12-8-11(17)4-2-10(12)3-5-13(14)15/h2,4,8,13-14,17H,3,5-7H2,1H3. The number of aromatic hydroxyl groups is 1. The van der Waals surface area contributed by atoms with E-state index in [-0.39, 0.29) is 23.8 Å². The van der Waals surface area contributed by atoms with Crippen LogP contribution in [0.4, 0.5) is 0 Å². The summed E-state index contributed by atoms with van der Waals surface area (Å²) in [5.41, 5.74) is 2.26. The van der Waals surface area contributed by atoms with Crippen LogP contribution < -0.4 is 0 Å². The second kappa shape index (κ2) is 4.28. The number of hydrogen-bond donors (Lipinski definition) is 1. The van der Waals surface area contributed by atoms with Crippen LogP contribution in [0.2, 0.25) is 0 Å². The molecule has 0 bridgehead atoms. The number of ether oxygens (including phenoxy) is 1. The Hall–Kier alpha value is -1.55. The lowest BCUT2D eigenvalue weighted by molar-refractivity contribution is -0.145. The summed E-state index contributed by atoms with van der Waals surface area (Å²) in [4.78, 5) is 13.6. The van der Waals surface area contributed by atoms with Crippen LogP contribution in [-0.2, 0) is 16.0 Å². The van der Waals surface area contributed by atoms with Gasteiger partial charge in [-0.3, -0.25) is 4.79 Å². The smallest absolute Gasteiger partial charge is 0.219 e. The number of carbonyl (C=O) groups is 1. The maximum absolute atomic E-state index is 11.7. The van der Waals surface area contributed by atoms with Crippen LogP contribution in [-0.4, -0.2) is 35.1 Å². The molecule has 3 rings (SSSR count). The summed E-state index contributed by atoms with van der Waals surface area (Å²) in [7, 11) is 0. The topological polar surface area (TPSA) is 49.8 Å². The van der Waals surface area contributed by atoms with E-state index in [1.54, 1.807) is 19.1 Å². The monoisotopic (exact) mass is 247 g/mol. The Balaban J connectivity index is 1.98. The fourth-order valence-corrected chi connectivity index (χ4v) is 3.09. The molecule has 2 atom stereocenters. The number of rotatable bonds is 0. The summed E-state index contributed by atoms with van der Waals surface area (Å²) >= 11 is 0. The maximum Gasteiger partial charge on any atom is 0.219 e. The molecule has 2 unspecified atom stereocenters. The molecular weight excluding hydrogens is 230 g/mol. The minimum Gasteiger partial charge on any atom is -0.508 e. The zero-order chi connectivity index (χ0) is 12.7. The maximum atomic E-state index is 11.7. The van der Waals surface area contributed by atoms with Crippen molar-refractivity contribution in [1.29, 1.82) is 0 Å². The van der Waals surface area contributed by atoms with Crippen LogP contribution in [0.3, 0.4) is 0 Å². The highest BCUT2D eigenvalue weighted by atomic mass is 16.5. The Bertz CT molecular complexity index is 486. The first-order valence-corrected chi connectivity index (χ1v) is 6.37. The molecule has 1 saturated heterocycles. The first-order valence-electron chi connectivity index (χ1n) is 6.37.